The molecule has 1 atom stereocenters. The third-order valence-corrected chi connectivity index (χ3v) is 5.11. The van der Waals surface area contributed by atoms with Crippen molar-refractivity contribution in [1.82, 2.24) is 14.7 Å². The van der Waals surface area contributed by atoms with E-state index < -0.39 is 11.9 Å². The third kappa shape index (κ3) is 4.35. The van der Waals surface area contributed by atoms with Crippen LogP contribution < -0.4 is 10.6 Å². The van der Waals surface area contributed by atoms with Crippen LogP contribution in [0.5, 0.6) is 0 Å². The van der Waals surface area contributed by atoms with Gasteiger partial charge in [0.1, 0.15) is 11.7 Å². The van der Waals surface area contributed by atoms with Gasteiger partial charge in [0.2, 0.25) is 5.91 Å². The van der Waals surface area contributed by atoms with Gasteiger partial charge in [-0.2, -0.15) is 0 Å². The third-order valence-electron chi connectivity index (χ3n) is 5.11. The van der Waals surface area contributed by atoms with Crippen LogP contribution in [0.3, 0.4) is 0 Å². The molecule has 3 heterocycles. The number of anilines is 1. The zero-order valence-corrected chi connectivity index (χ0v) is 17.6. The predicted octanol–water partition coefficient (Wildman–Crippen LogP) is 4.30. The van der Waals surface area contributed by atoms with Crippen molar-refractivity contribution in [2.45, 2.75) is 26.8 Å². The number of nitrogens with zero attached hydrogens (tertiary/aromatic N) is 2. The average molecular weight is 416 g/mol. The largest absolute Gasteiger partial charge is 0.459 e. The topological polar surface area (TPSA) is 88.6 Å². The number of aromatic nitrogens is 2. The molecular weight excluding hydrogens is 392 g/mol. The van der Waals surface area contributed by atoms with E-state index in [9.17, 15) is 9.59 Å². The molecule has 1 aromatic carbocycles. The molecular formula is C24H24N4O3. The van der Waals surface area contributed by atoms with E-state index >= 15 is 0 Å². The normalized spacial score (nSPS) is 12.1. The summed E-state index contributed by atoms with van der Waals surface area (Å²) in [5.41, 5.74) is 4.48. The number of benzene rings is 1. The van der Waals surface area contributed by atoms with Gasteiger partial charge in [0.05, 0.1) is 12.0 Å². The molecule has 3 aromatic heterocycles. The molecule has 0 aliphatic heterocycles. The van der Waals surface area contributed by atoms with Crippen LogP contribution >= 0.6 is 0 Å². The molecule has 0 aliphatic rings. The van der Waals surface area contributed by atoms with Crippen LogP contribution in [0.25, 0.3) is 16.9 Å². The highest BCUT2D eigenvalue weighted by atomic mass is 16.3. The molecule has 4 rings (SSSR count). The van der Waals surface area contributed by atoms with Crippen molar-refractivity contribution in [1.29, 1.82) is 0 Å². The zero-order valence-electron chi connectivity index (χ0n) is 17.6. The Morgan fingerprint density at radius 1 is 1.06 bits per heavy atom. The molecule has 0 saturated heterocycles. The molecule has 0 spiro atoms. The number of furan rings is 1. The Morgan fingerprint density at radius 3 is 2.48 bits per heavy atom. The van der Waals surface area contributed by atoms with Crippen molar-refractivity contribution >= 4 is 23.1 Å². The van der Waals surface area contributed by atoms with E-state index in [2.05, 4.69) is 10.6 Å². The molecule has 0 radical (unpaired) electrons. The van der Waals surface area contributed by atoms with Gasteiger partial charge in [0.15, 0.2) is 5.76 Å². The fourth-order valence-corrected chi connectivity index (χ4v) is 3.39. The zero-order chi connectivity index (χ0) is 22.0. The fourth-order valence-electron chi connectivity index (χ4n) is 3.39. The number of fused-ring (bicyclic) bond motifs is 1. The number of carbonyl (C=O) groups is 2. The quantitative estimate of drug-likeness (QED) is 0.491. The van der Waals surface area contributed by atoms with Crippen molar-refractivity contribution < 1.29 is 14.0 Å². The number of aryl methyl sites for hydroxylation is 1. The summed E-state index contributed by atoms with van der Waals surface area (Å²) in [6, 6.07) is 14.0. The predicted molar refractivity (Wildman–Crippen MR) is 119 cm³/mol. The van der Waals surface area contributed by atoms with Crippen LogP contribution in [0, 0.1) is 12.8 Å². The van der Waals surface area contributed by atoms with Crippen LogP contribution in [-0.2, 0) is 4.79 Å². The van der Waals surface area contributed by atoms with Gasteiger partial charge in [-0.05, 0) is 48.7 Å². The van der Waals surface area contributed by atoms with Gasteiger partial charge in [0.25, 0.3) is 5.91 Å². The summed E-state index contributed by atoms with van der Waals surface area (Å²) in [7, 11) is 0. The summed E-state index contributed by atoms with van der Waals surface area (Å²) in [6.07, 6.45) is 5.37. The summed E-state index contributed by atoms with van der Waals surface area (Å²) in [5, 5.41) is 5.62. The highest BCUT2D eigenvalue weighted by molar-refractivity contribution is 6.00. The Bertz CT molecular complexity index is 1210. The van der Waals surface area contributed by atoms with Crippen LogP contribution in [-0.4, -0.2) is 27.2 Å². The molecule has 0 saturated carbocycles. The summed E-state index contributed by atoms with van der Waals surface area (Å²) in [6.45, 7) is 5.78. The highest BCUT2D eigenvalue weighted by Gasteiger charge is 2.25. The number of hydrogen-bond donors (Lipinski definition) is 2. The second-order valence-electron chi connectivity index (χ2n) is 7.79. The smallest absolute Gasteiger partial charge is 0.287 e. The van der Waals surface area contributed by atoms with Gasteiger partial charge in [-0.25, -0.2) is 4.98 Å². The maximum Gasteiger partial charge on any atom is 0.287 e. The van der Waals surface area contributed by atoms with Crippen LogP contribution in [0.2, 0.25) is 0 Å². The molecule has 1 unspecified atom stereocenters. The molecule has 0 aliphatic carbocycles. The van der Waals surface area contributed by atoms with Crippen LogP contribution in [0.1, 0.15) is 30.0 Å². The first-order valence-electron chi connectivity index (χ1n) is 10.1. The van der Waals surface area contributed by atoms with Gasteiger partial charge >= 0.3 is 0 Å². The van der Waals surface area contributed by atoms with E-state index in [0.29, 0.717) is 5.69 Å². The van der Waals surface area contributed by atoms with Crippen molar-refractivity contribution in [2.75, 3.05) is 5.32 Å². The van der Waals surface area contributed by atoms with Gasteiger partial charge in [-0.3, -0.25) is 9.59 Å². The van der Waals surface area contributed by atoms with E-state index in [1.807, 2.05) is 74.0 Å². The summed E-state index contributed by atoms with van der Waals surface area (Å²) >= 11 is 0. The maximum atomic E-state index is 12.8. The van der Waals surface area contributed by atoms with Crippen molar-refractivity contribution in [3.05, 3.63) is 78.5 Å². The standard InChI is InChI=1S/C24H24N4O3/c1-15(2)21(27-23(29)20-7-5-13-31-20)24(30)25-18-10-8-17(9-11-18)19-14-28-12-4-6-16(3)22(28)26-19/h4-15,21H,1-3H3,(H,25,30)(H,27,29). The SMILES string of the molecule is Cc1cccn2cc(-c3ccc(NC(=O)C(NC(=O)c4ccco4)C(C)C)cc3)nc12. The fraction of sp³-hybridized carbons (Fsp3) is 0.208. The number of nitrogens with one attached hydrogen (secondary N) is 2. The first kappa shape index (κ1) is 20.4. The van der Waals surface area contributed by atoms with E-state index in [0.717, 1.165) is 22.5 Å². The van der Waals surface area contributed by atoms with Crippen LogP contribution in [0.4, 0.5) is 5.69 Å². The Balaban J connectivity index is 1.47. The number of rotatable bonds is 6. The number of hydrogen-bond acceptors (Lipinski definition) is 4. The lowest BCUT2D eigenvalue weighted by Crippen LogP contribution is -2.47. The van der Waals surface area contributed by atoms with Gasteiger partial charge in [-0.1, -0.05) is 32.0 Å². The van der Waals surface area contributed by atoms with E-state index in [1.165, 1.54) is 6.26 Å². The van der Waals surface area contributed by atoms with Crippen LogP contribution in [0.15, 0.2) is 71.6 Å². The second-order valence-corrected chi connectivity index (χ2v) is 7.79. The minimum absolute atomic E-state index is 0.0978. The Kier molecular flexibility index (Phi) is 5.58. The second kappa shape index (κ2) is 8.47. The van der Waals surface area contributed by atoms with Crippen molar-refractivity contribution in [2.24, 2.45) is 5.92 Å². The monoisotopic (exact) mass is 416 g/mol. The lowest BCUT2D eigenvalue weighted by atomic mass is 10.0. The van der Waals surface area contributed by atoms with Gasteiger partial charge < -0.3 is 19.5 Å². The number of pyridine rings is 1. The van der Waals surface area contributed by atoms with Crippen molar-refractivity contribution in [3.63, 3.8) is 0 Å². The van der Waals surface area contributed by atoms with Crippen molar-refractivity contribution in [3.8, 4) is 11.3 Å². The number of amides is 2. The first-order valence-corrected chi connectivity index (χ1v) is 10.1. The summed E-state index contributed by atoms with van der Waals surface area (Å²) < 4.78 is 7.10. The summed E-state index contributed by atoms with van der Waals surface area (Å²) in [5.74, 6) is -0.632. The maximum absolute atomic E-state index is 12.8. The summed E-state index contributed by atoms with van der Waals surface area (Å²) in [4.78, 5) is 29.8. The number of carbonyl (C=O) groups excluding carboxylic acids is 2. The molecule has 7 nitrogen and oxygen atoms in total. The average Bonchev–Trinajstić information content (AvgIpc) is 3.43. The molecule has 31 heavy (non-hydrogen) atoms. The van der Waals surface area contributed by atoms with E-state index in [1.54, 1.807) is 12.1 Å². The van der Waals surface area contributed by atoms with E-state index in [4.69, 9.17) is 9.40 Å². The Labute approximate surface area is 180 Å². The lowest BCUT2D eigenvalue weighted by Gasteiger charge is -2.21. The first-order chi connectivity index (χ1) is 14.9. The van der Waals surface area contributed by atoms with E-state index in [-0.39, 0.29) is 17.6 Å². The van der Waals surface area contributed by atoms with Gasteiger partial charge in [-0.15, -0.1) is 0 Å². The molecule has 0 fully saturated rings. The molecule has 2 N–H and O–H groups in total. The number of imidazole rings is 1. The lowest BCUT2D eigenvalue weighted by molar-refractivity contribution is -0.118. The molecule has 4 aromatic rings. The minimum Gasteiger partial charge on any atom is -0.459 e. The Hall–Kier alpha value is -3.87. The Morgan fingerprint density at radius 2 is 1.84 bits per heavy atom. The van der Waals surface area contributed by atoms with Gasteiger partial charge in [0, 0.05) is 23.6 Å². The molecule has 158 valence electrons. The molecule has 0 bridgehead atoms. The minimum atomic E-state index is -0.696. The molecule has 2 amide bonds. The molecule has 7 heteroatoms. The highest BCUT2D eigenvalue weighted by Crippen LogP contribution is 2.22.